The van der Waals surface area contributed by atoms with Crippen LogP contribution in [0.5, 0.6) is 0 Å². The summed E-state index contributed by atoms with van der Waals surface area (Å²) in [6, 6.07) is 0. The Morgan fingerprint density at radius 3 is 2.56 bits per heavy atom. The third-order valence-electron chi connectivity index (χ3n) is 3.93. The Balaban J connectivity index is 2.53. The number of thiazole rings is 1. The van der Waals surface area contributed by atoms with Gasteiger partial charge in [0.15, 0.2) is 0 Å². The van der Waals surface area contributed by atoms with E-state index in [1.165, 1.54) is 50.6 Å². The van der Waals surface area contributed by atoms with Crippen LogP contribution in [0.2, 0.25) is 0 Å². The molecule has 1 rings (SSSR count). The minimum Gasteiger partial charge on any atom is -0.241 e. The van der Waals surface area contributed by atoms with Crippen LogP contribution in [0.3, 0.4) is 0 Å². The van der Waals surface area contributed by atoms with Crippen molar-refractivity contribution in [1.82, 2.24) is 4.98 Å². The first-order valence-corrected chi connectivity index (χ1v) is 8.12. The van der Waals surface area contributed by atoms with E-state index in [0.717, 1.165) is 5.01 Å². The van der Waals surface area contributed by atoms with E-state index in [-0.39, 0.29) is 5.41 Å². The third-order valence-corrected chi connectivity index (χ3v) is 4.77. The summed E-state index contributed by atoms with van der Waals surface area (Å²) in [5.74, 6) is 0. The SMILES string of the molecule is C=Cc1nc(C(C)(CC)CCCCCCC)cs1. The van der Waals surface area contributed by atoms with Gasteiger partial charge >= 0.3 is 0 Å². The van der Waals surface area contributed by atoms with Crippen LogP contribution in [0.4, 0.5) is 0 Å². The first-order valence-electron chi connectivity index (χ1n) is 7.24. The highest BCUT2D eigenvalue weighted by Crippen LogP contribution is 2.34. The van der Waals surface area contributed by atoms with Crippen molar-refractivity contribution >= 4 is 17.4 Å². The van der Waals surface area contributed by atoms with Crippen molar-refractivity contribution in [1.29, 1.82) is 0 Å². The quantitative estimate of drug-likeness (QED) is 0.513. The Hall–Kier alpha value is -0.630. The van der Waals surface area contributed by atoms with Gasteiger partial charge in [-0.2, -0.15) is 0 Å². The highest BCUT2D eigenvalue weighted by Gasteiger charge is 2.26. The fourth-order valence-electron chi connectivity index (χ4n) is 2.26. The summed E-state index contributed by atoms with van der Waals surface area (Å²) < 4.78 is 0. The van der Waals surface area contributed by atoms with Gasteiger partial charge in [-0.3, -0.25) is 0 Å². The highest BCUT2D eigenvalue weighted by molar-refractivity contribution is 7.10. The molecule has 0 aliphatic heterocycles. The average Bonchev–Trinajstić information content (AvgIpc) is 2.87. The molecule has 0 saturated heterocycles. The molecule has 0 spiro atoms. The third kappa shape index (κ3) is 4.24. The lowest BCUT2D eigenvalue weighted by atomic mass is 9.79. The van der Waals surface area contributed by atoms with Gasteiger partial charge in [0.1, 0.15) is 5.01 Å². The maximum atomic E-state index is 4.69. The Labute approximate surface area is 116 Å². The van der Waals surface area contributed by atoms with Crippen molar-refractivity contribution in [2.45, 2.75) is 71.1 Å². The highest BCUT2D eigenvalue weighted by atomic mass is 32.1. The lowest BCUT2D eigenvalue weighted by Gasteiger charge is -2.26. The lowest BCUT2D eigenvalue weighted by Crippen LogP contribution is -2.21. The summed E-state index contributed by atoms with van der Waals surface area (Å²) >= 11 is 1.71. The van der Waals surface area contributed by atoms with Crippen LogP contribution in [0, 0.1) is 0 Å². The van der Waals surface area contributed by atoms with E-state index in [1.54, 1.807) is 11.3 Å². The molecule has 0 aliphatic rings. The molecule has 0 fully saturated rings. The number of unbranched alkanes of at least 4 members (excludes halogenated alkanes) is 4. The standard InChI is InChI=1S/C16H27NS/c1-5-8-9-10-11-12-16(4,7-3)14-13-18-15(6-2)17-14/h6,13H,2,5,7-12H2,1,3-4H3. The molecule has 18 heavy (non-hydrogen) atoms. The van der Waals surface area contributed by atoms with Crippen molar-refractivity contribution in [2.75, 3.05) is 0 Å². The van der Waals surface area contributed by atoms with E-state index in [4.69, 9.17) is 0 Å². The molecule has 102 valence electrons. The molecule has 1 atom stereocenters. The topological polar surface area (TPSA) is 12.9 Å². The van der Waals surface area contributed by atoms with Crippen molar-refractivity contribution in [3.63, 3.8) is 0 Å². The van der Waals surface area contributed by atoms with Gasteiger partial charge in [0.05, 0.1) is 5.69 Å². The molecular weight excluding hydrogens is 238 g/mol. The van der Waals surface area contributed by atoms with E-state index < -0.39 is 0 Å². The van der Waals surface area contributed by atoms with Gasteiger partial charge in [-0.15, -0.1) is 11.3 Å². The summed E-state index contributed by atoms with van der Waals surface area (Å²) in [6.45, 7) is 10.7. The fourth-order valence-corrected chi connectivity index (χ4v) is 3.08. The molecule has 0 saturated carbocycles. The van der Waals surface area contributed by atoms with E-state index in [9.17, 15) is 0 Å². The predicted octanol–water partition coefficient (Wildman–Crippen LogP) is 5.81. The zero-order valence-corrected chi connectivity index (χ0v) is 13.0. The van der Waals surface area contributed by atoms with Crippen molar-refractivity contribution < 1.29 is 0 Å². The number of hydrogen-bond acceptors (Lipinski definition) is 2. The van der Waals surface area contributed by atoms with Crippen molar-refractivity contribution in [3.8, 4) is 0 Å². The molecule has 0 N–H and O–H groups in total. The van der Waals surface area contributed by atoms with Gasteiger partial charge in [0.25, 0.3) is 0 Å². The molecule has 0 amide bonds. The van der Waals surface area contributed by atoms with Crippen LogP contribution < -0.4 is 0 Å². The molecule has 0 radical (unpaired) electrons. The lowest BCUT2D eigenvalue weighted by molar-refractivity contribution is 0.386. The summed E-state index contributed by atoms with van der Waals surface area (Å²) in [4.78, 5) is 4.69. The van der Waals surface area contributed by atoms with Crippen molar-refractivity contribution in [2.24, 2.45) is 0 Å². The maximum Gasteiger partial charge on any atom is 0.115 e. The number of nitrogens with zero attached hydrogens (tertiary/aromatic N) is 1. The van der Waals surface area contributed by atoms with Gasteiger partial charge in [0.2, 0.25) is 0 Å². The molecular formula is C16H27NS. The molecule has 1 heterocycles. The summed E-state index contributed by atoms with van der Waals surface area (Å²) in [6.07, 6.45) is 11.0. The maximum absolute atomic E-state index is 4.69. The molecule has 1 nitrogen and oxygen atoms in total. The van der Waals surface area contributed by atoms with E-state index in [2.05, 4.69) is 37.7 Å². The number of rotatable bonds is 9. The Morgan fingerprint density at radius 1 is 1.28 bits per heavy atom. The van der Waals surface area contributed by atoms with Gasteiger partial charge in [-0.1, -0.05) is 59.5 Å². The van der Waals surface area contributed by atoms with Crippen LogP contribution in [0.1, 0.15) is 76.4 Å². The van der Waals surface area contributed by atoms with Gasteiger partial charge < -0.3 is 0 Å². The smallest absolute Gasteiger partial charge is 0.115 e. The molecule has 1 aromatic heterocycles. The van der Waals surface area contributed by atoms with Gasteiger partial charge in [-0.25, -0.2) is 4.98 Å². The zero-order valence-electron chi connectivity index (χ0n) is 12.2. The van der Waals surface area contributed by atoms with Gasteiger partial charge in [-0.05, 0) is 18.9 Å². The molecule has 1 aromatic rings. The summed E-state index contributed by atoms with van der Waals surface area (Å²) in [5, 5.41) is 3.27. The minimum atomic E-state index is 0.254. The first kappa shape index (κ1) is 15.4. The van der Waals surface area contributed by atoms with Crippen LogP contribution in [-0.4, -0.2) is 4.98 Å². The monoisotopic (exact) mass is 265 g/mol. The summed E-state index contributed by atoms with van der Waals surface area (Å²) in [7, 11) is 0. The predicted molar refractivity (Wildman–Crippen MR) is 83.2 cm³/mol. The largest absolute Gasteiger partial charge is 0.241 e. The second-order valence-corrected chi connectivity index (χ2v) is 6.24. The number of hydrogen-bond donors (Lipinski definition) is 0. The fraction of sp³-hybridized carbons (Fsp3) is 0.688. The van der Waals surface area contributed by atoms with Crippen LogP contribution in [-0.2, 0) is 5.41 Å². The molecule has 0 aromatic carbocycles. The first-order chi connectivity index (χ1) is 8.66. The second-order valence-electron chi connectivity index (χ2n) is 5.35. The average molecular weight is 265 g/mol. The summed E-state index contributed by atoms with van der Waals surface area (Å²) in [5.41, 5.74) is 1.52. The van der Waals surface area contributed by atoms with Crippen molar-refractivity contribution in [3.05, 3.63) is 22.7 Å². The van der Waals surface area contributed by atoms with E-state index >= 15 is 0 Å². The van der Waals surface area contributed by atoms with Crippen LogP contribution in [0.25, 0.3) is 6.08 Å². The van der Waals surface area contributed by atoms with Gasteiger partial charge in [0, 0.05) is 10.8 Å². The molecule has 2 heteroatoms. The second kappa shape index (κ2) is 7.73. The van der Waals surface area contributed by atoms with Crippen LogP contribution >= 0.6 is 11.3 Å². The molecule has 0 aliphatic carbocycles. The van der Waals surface area contributed by atoms with E-state index in [1.807, 2.05) is 6.08 Å². The molecule has 1 unspecified atom stereocenters. The Morgan fingerprint density at radius 2 is 2.00 bits per heavy atom. The minimum absolute atomic E-state index is 0.254. The molecule has 0 bridgehead atoms. The Kier molecular flexibility index (Phi) is 6.62. The number of aromatic nitrogens is 1. The normalized spacial score (nSPS) is 14.4. The van der Waals surface area contributed by atoms with Crippen LogP contribution in [0.15, 0.2) is 12.0 Å². The van der Waals surface area contributed by atoms with E-state index in [0.29, 0.717) is 0 Å². The Bertz CT molecular complexity index is 356. The zero-order chi connectivity index (χ0) is 13.4.